The van der Waals surface area contributed by atoms with Crippen LogP contribution in [-0.4, -0.2) is 5.91 Å². The Bertz CT molecular complexity index is 1210. The van der Waals surface area contributed by atoms with Crippen LogP contribution in [0.5, 0.6) is 0 Å². The molecule has 160 valence electrons. The van der Waals surface area contributed by atoms with Gasteiger partial charge in [-0.1, -0.05) is 41.9 Å². The number of anilines is 1. The number of hydrogen-bond donors (Lipinski definition) is 2. The van der Waals surface area contributed by atoms with Gasteiger partial charge in [-0.2, -0.15) is 5.26 Å². The van der Waals surface area contributed by atoms with Crippen LogP contribution in [0.2, 0.25) is 5.02 Å². The highest BCUT2D eigenvalue weighted by atomic mass is 35.5. The summed E-state index contributed by atoms with van der Waals surface area (Å²) in [6.45, 7) is 1.84. The van der Waals surface area contributed by atoms with Crippen LogP contribution < -0.4 is 10.6 Å². The molecule has 2 aromatic carbocycles. The summed E-state index contributed by atoms with van der Waals surface area (Å²) in [5, 5.41) is 17.7. The maximum Gasteiger partial charge on any atom is 0.254 e. The minimum absolute atomic E-state index is 0.280. The third-order valence-corrected chi connectivity index (χ3v) is 6.39. The van der Waals surface area contributed by atoms with Gasteiger partial charge in [0.2, 0.25) is 0 Å². The molecule has 1 amide bonds. The Kier molecular flexibility index (Phi) is 6.69. The summed E-state index contributed by atoms with van der Waals surface area (Å²) in [5.41, 5.74) is 3.34. The van der Waals surface area contributed by atoms with Crippen molar-refractivity contribution in [1.29, 1.82) is 5.26 Å². The Balaban J connectivity index is 1.66. The number of rotatable bonds is 6. The molecule has 1 aliphatic heterocycles. The zero-order chi connectivity index (χ0) is 22.5. The lowest BCUT2D eigenvalue weighted by atomic mass is 9.85. The van der Waals surface area contributed by atoms with Gasteiger partial charge in [-0.15, -0.1) is 11.8 Å². The fraction of sp³-hybridized carbons (Fsp3) is 0.120. The smallest absolute Gasteiger partial charge is 0.254 e. The van der Waals surface area contributed by atoms with Crippen LogP contribution in [-0.2, 0) is 10.5 Å². The predicted octanol–water partition coefficient (Wildman–Crippen LogP) is 6.20. The van der Waals surface area contributed by atoms with Crippen molar-refractivity contribution in [3.63, 3.8) is 0 Å². The fourth-order valence-electron chi connectivity index (χ4n) is 3.52. The summed E-state index contributed by atoms with van der Waals surface area (Å²) in [6, 6.07) is 22.7. The van der Waals surface area contributed by atoms with E-state index in [1.54, 1.807) is 18.4 Å². The summed E-state index contributed by atoms with van der Waals surface area (Å²) in [7, 11) is 0. The van der Waals surface area contributed by atoms with Gasteiger partial charge in [0.15, 0.2) is 0 Å². The molecule has 0 saturated carbocycles. The SMILES string of the molecule is CC1=C(C(=O)Nc2ccccc2)[C@@H](c2ccco2)C(C#N)=C(SCc2ccc(Cl)cc2)N1. The van der Waals surface area contributed by atoms with E-state index in [0.29, 0.717) is 44.1 Å². The molecule has 4 rings (SSSR count). The van der Waals surface area contributed by atoms with E-state index < -0.39 is 5.92 Å². The standard InChI is InChI=1S/C25H20ClN3O2S/c1-16-22(24(30)29-19-6-3-2-4-7-19)23(21-8-5-13-31-21)20(14-27)25(28-16)32-15-17-9-11-18(26)12-10-17/h2-13,23,28H,15H2,1H3,(H,29,30)/t23-/m1/s1. The molecule has 2 heterocycles. The molecule has 5 nitrogen and oxygen atoms in total. The first-order valence-corrected chi connectivity index (χ1v) is 11.3. The van der Waals surface area contributed by atoms with Gasteiger partial charge in [0, 0.05) is 22.2 Å². The number of dihydropyridines is 1. The van der Waals surface area contributed by atoms with Gasteiger partial charge >= 0.3 is 0 Å². The maximum absolute atomic E-state index is 13.3. The lowest BCUT2D eigenvalue weighted by molar-refractivity contribution is -0.113. The number of amides is 1. The molecule has 32 heavy (non-hydrogen) atoms. The van der Waals surface area contributed by atoms with E-state index in [1.807, 2.05) is 61.5 Å². The third-order valence-electron chi connectivity index (χ3n) is 5.05. The quantitative estimate of drug-likeness (QED) is 0.456. The zero-order valence-corrected chi connectivity index (χ0v) is 18.8. The van der Waals surface area contributed by atoms with Crippen molar-refractivity contribution in [3.05, 3.63) is 111 Å². The van der Waals surface area contributed by atoms with Crippen molar-refractivity contribution in [3.8, 4) is 6.07 Å². The molecule has 0 fully saturated rings. The van der Waals surface area contributed by atoms with Crippen LogP contribution in [0.15, 0.2) is 99.3 Å². The number of carbonyl (C=O) groups excluding carboxylic acids is 1. The minimum atomic E-state index is -0.604. The number of para-hydroxylation sites is 1. The number of nitrogens with one attached hydrogen (secondary N) is 2. The van der Waals surface area contributed by atoms with Crippen LogP contribution in [0.1, 0.15) is 24.2 Å². The van der Waals surface area contributed by atoms with Gasteiger partial charge in [0.1, 0.15) is 5.76 Å². The molecule has 0 bridgehead atoms. The highest BCUT2D eigenvalue weighted by Gasteiger charge is 2.36. The Morgan fingerprint density at radius 1 is 1.16 bits per heavy atom. The Labute approximate surface area is 195 Å². The fourth-order valence-corrected chi connectivity index (χ4v) is 4.70. The molecule has 1 atom stereocenters. The second kappa shape index (κ2) is 9.82. The number of carbonyl (C=O) groups is 1. The number of nitriles is 1. The predicted molar refractivity (Wildman–Crippen MR) is 128 cm³/mol. The second-order valence-corrected chi connectivity index (χ2v) is 8.62. The minimum Gasteiger partial charge on any atom is -0.468 e. The highest BCUT2D eigenvalue weighted by molar-refractivity contribution is 8.02. The number of allylic oxidation sites excluding steroid dienone is 2. The summed E-state index contributed by atoms with van der Waals surface area (Å²) in [6.07, 6.45) is 1.55. The molecule has 0 aliphatic carbocycles. The molecular formula is C25H20ClN3O2S. The van der Waals surface area contributed by atoms with Crippen molar-refractivity contribution in [2.24, 2.45) is 0 Å². The Morgan fingerprint density at radius 3 is 2.56 bits per heavy atom. The zero-order valence-electron chi connectivity index (χ0n) is 17.3. The lowest BCUT2D eigenvalue weighted by Gasteiger charge is -2.28. The van der Waals surface area contributed by atoms with E-state index in [1.165, 1.54) is 11.8 Å². The van der Waals surface area contributed by atoms with Crippen LogP contribution in [0.4, 0.5) is 5.69 Å². The average Bonchev–Trinajstić information content (AvgIpc) is 3.33. The molecular weight excluding hydrogens is 442 g/mol. The highest BCUT2D eigenvalue weighted by Crippen LogP contribution is 2.41. The second-order valence-electron chi connectivity index (χ2n) is 7.20. The first-order chi connectivity index (χ1) is 15.6. The van der Waals surface area contributed by atoms with E-state index in [0.717, 1.165) is 5.56 Å². The van der Waals surface area contributed by atoms with Gasteiger partial charge in [-0.25, -0.2) is 0 Å². The van der Waals surface area contributed by atoms with Crippen LogP contribution in [0.3, 0.4) is 0 Å². The van der Waals surface area contributed by atoms with Gasteiger partial charge in [0.25, 0.3) is 5.91 Å². The molecule has 0 unspecified atom stereocenters. The van der Waals surface area contributed by atoms with E-state index >= 15 is 0 Å². The Hall–Kier alpha value is -3.40. The van der Waals surface area contributed by atoms with Crippen LogP contribution in [0.25, 0.3) is 0 Å². The van der Waals surface area contributed by atoms with Gasteiger partial charge < -0.3 is 15.1 Å². The summed E-state index contributed by atoms with van der Waals surface area (Å²) >= 11 is 7.49. The monoisotopic (exact) mass is 461 g/mol. The molecule has 7 heteroatoms. The maximum atomic E-state index is 13.3. The molecule has 3 aromatic rings. The first-order valence-electron chi connectivity index (χ1n) is 9.96. The van der Waals surface area contributed by atoms with Crippen molar-refractivity contribution >= 4 is 35.0 Å². The molecule has 1 aromatic heterocycles. The summed E-state index contributed by atoms with van der Waals surface area (Å²) in [5.74, 6) is 0.309. The van der Waals surface area contributed by atoms with E-state index in [-0.39, 0.29) is 5.91 Å². The first kappa shape index (κ1) is 21.8. The van der Waals surface area contributed by atoms with Crippen LogP contribution >= 0.6 is 23.4 Å². The van der Waals surface area contributed by atoms with Crippen molar-refractivity contribution < 1.29 is 9.21 Å². The van der Waals surface area contributed by atoms with Gasteiger partial charge in [-0.3, -0.25) is 4.79 Å². The largest absolute Gasteiger partial charge is 0.468 e. The number of nitrogens with zero attached hydrogens (tertiary/aromatic N) is 1. The number of hydrogen-bond acceptors (Lipinski definition) is 5. The van der Waals surface area contributed by atoms with E-state index in [4.69, 9.17) is 16.0 Å². The molecule has 0 saturated heterocycles. The number of benzene rings is 2. The van der Waals surface area contributed by atoms with Crippen LogP contribution in [0, 0.1) is 11.3 Å². The molecule has 1 aliphatic rings. The molecule has 0 spiro atoms. The third kappa shape index (κ3) is 4.75. The van der Waals surface area contributed by atoms with Crippen molar-refractivity contribution in [1.82, 2.24) is 5.32 Å². The number of furan rings is 1. The molecule has 0 radical (unpaired) electrons. The lowest BCUT2D eigenvalue weighted by Crippen LogP contribution is -2.30. The van der Waals surface area contributed by atoms with Gasteiger partial charge in [0.05, 0.1) is 34.4 Å². The molecule has 2 N–H and O–H groups in total. The van der Waals surface area contributed by atoms with E-state index in [9.17, 15) is 10.1 Å². The Morgan fingerprint density at radius 2 is 1.91 bits per heavy atom. The number of halogens is 1. The van der Waals surface area contributed by atoms with Crippen molar-refractivity contribution in [2.45, 2.75) is 18.6 Å². The van der Waals surface area contributed by atoms with E-state index in [2.05, 4.69) is 16.7 Å². The number of thioether (sulfide) groups is 1. The summed E-state index contributed by atoms with van der Waals surface area (Å²) in [4.78, 5) is 13.3. The normalized spacial score (nSPS) is 15.8. The summed E-state index contributed by atoms with van der Waals surface area (Å²) < 4.78 is 5.66. The van der Waals surface area contributed by atoms with Crippen molar-refractivity contribution in [2.75, 3.05) is 5.32 Å². The van der Waals surface area contributed by atoms with Gasteiger partial charge in [-0.05, 0) is 48.9 Å². The topological polar surface area (TPSA) is 78.1 Å². The average molecular weight is 462 g/mol.